The molecule has 0 saturated heterocycles. The van der Waals surface area contributed by atoms with E-state index in [-0.39, 0.29) is 18.0 Å². The summed E-state index contributed by atoms with van der Waals surface area (Å²) in [6, 6.07) is 25.3. The van der Waals surface area contributed by atoms with Crippen molar-refractivity contribution < 1.29 is 13.9 Å². The van der Waals surface area contributed by atoms with E-state index in [4.69, 9.17) is 30.5 Å². The van der Waals surface area contributed by atoms with E-state index in [2.05, 4.69) is 43.0 Å². The maximum absolute atomic E-state index is 13.7. The predicted octanol–water partition coefficient (Wildman–Crippen LogP) is 8.72. The maximum Gasteiger partial charge on any atom is 0.282 e. The summed E-state index contributed by atoms with van der Waals surface area (Å²) < 4.78 is 20.5. The van der Waals surface area contributed by atoms with Gasteiger partial charge in [0.15, 0.2) is 17.3 Å². The van der Waals surface area contributed by atoms with Gasteiger partial charge in [-0.25, -0.2) is 4.98 Å². The molecule has 0 atom stereocenters. The lowest BCUT2D eigenvalue weighted by Crippen LogP contribution is -2.20. The van der Waals surface area contributed by atoms with Crippen LogP contribution in [0.4, 0.5) is 0 Å². The number of aromatic nitrogens is 2. The third kappa shape index (κ3) is 5.74. The van der Waals surface area contributed by atoms with Crippen molar-refractivity contribution in [2.45, 2.75) is 13.5 Å². The van der Waals surface area contributed by atoms with Crippen LogP contribution in [0.1, 0.15) is 23.6 Å². The summed E-state index contributed by atoms with van der Waals surface area (Å²) in [5, 5.41) is 15.8. The molecule has 218 valence electrons. The number of nitrogens with zero attached hydrogens (tertiary/aromatic N) is 4. The fourth-order valence-electron chi connectivity index (χ4n) is 4.64. The Morgan fingerprint density at radius 1 is 1.05 bits per heavy atom. The number of furan rings is 1. The van der Waals surface area contributed by atoms with Crippen molar-refractivity contribution in [3.63, 3.8) is 0 Å². The largest absolute Gasteiger partial charge is 0.490 e. The number of halogens is 3. The topological polar surface area (TPSA) is 103 Å². The number of benzene rings is 4. The van der Waals surface area contributed by atoms with Gasteiger partial charge in [-0.1, -0.05) is 41.9 Å². The minimum Gasteiger partial charge on any atom is -0.490 e. The number of rotatable bonds is 8. The van der Waals surface area contributed by atoms with Gasteiger partial charge in [0.25, 0.3) is 5.56 Å². The summed E-state index contributed by atoms with van der Waals surface area (Å²) in [4.78, 5) is 18.5. The van der Waals surface area contributed by atoms with Gasteiger partial charge in [-0.15, -0.1) is 0 Å². The fourth-order valence-corrected chi connectivity index (χ4v) is 5.75. The Kier molecular flexibility index (Phi) is 8.53. The molecule has 11 heteroatoms. The molecule has 0 aliphatic rings. The van der Waals surface area contributed by atoms with Crippen molar-refractivity contribution in [3.8, 4) is 29.2 Å². The number of hydrogen-bond acceptors (Lipinski definition) is 7. The van der Waals surface area contributed by atoms with E-state index in [0.29, 0.717) is 65.4 Å². The van der Waals surface area contributed by atoms with Crippen molar-refractivity contribution in [3.05, 3.63) is 120 Å². The molecule has 0 fully saturated rings. The van der Waals surface area contributed by atoms with E-state index >= 15 is 0 Å². The van der Waals surface area contributed by atoms with Gasteiger partial charge >= 0.3 is 0 Å². The average molecular weight is 733 g/mol. The Morgan fingerprint density at radius 2 is 1.84 bits per heavy atom. The first-order chi connectivity index (χ1) is 21.4. The van der Waals surface area contributed by atoms with Crippen LogP contribution in [0, 0.1) is 11.3 Å². The smallest absolute Gasteiger partial charge is 0.282 e. The lowest BCUT2D eigenvalue weighted by atomic mass is 10.1. The molecule has 0 amide bonds. The molecular formula is C33H21Br2ClN4O4. The van der Waals surface area contributed by atoms with Crippen molar-refractivity contribution in [1.29, 1.82) is 5.26 Å². The molecule has 6 aromatic rings. The first kappa shape index (κ1) is 29.6. The SMILES string of the molecule is CCOc1cc(C=Nn2c(-c3cc4cc(Cl)ccc4o3)nc3ccccc3c2=O)c(Br)c(Br)c1OCc1ccccc1C#N. The Bertz CT molecular complexity index is 2190. The minimum atomic E-state index is -0.364. The first-order valence-corrected chi connectivity index (χ1v) is 15.4. The standard InChI is InChI=1S/C33H21Br2ClN4O4/c1-2-42-27-15-22(29(34)30(35)31(27)43-18-20-8-4-3-7-19(20)16-37)17-38-40-32(39-25-10-6-5-9-24(25)33(40)41)28-14-21-13-23(36)11-12-26(21)44-28/h3-15,17H,2,18H2,1H3. The number of nitriles is 1. The lowest BCUT2D eigenvalue weighted by Gasteiger charge is -2.17. The summed E-state index contributed by atoms with van der Waals surface area (Å²) in [7, 11) is 0. The van der Waals surface area contributed by atoms with Gasteiger partial charge in [-0.3, -0.25) is 4.79 Å². The van der Waals surface area contributed by atoms with Crippen LogP contribution in [0.25, 0.3) is 33.5 Å². The zero-order valence-electron chi connectivity index (χ0n) is 23.1. The molecule has 0 radical (unpaired) electrons. The predicted molar refractivity (Wildman–Crippen MR) is 178 cm³/mol. The zero-order valence-corrected chi connectivity index (χ0v) is 27.0. The number of para-hydroxylation sites is 1. The molecular weight excluding hydrogens is 712 g/mol. The second-order valence-electron chi connectivity index (χ2n) is 9.52. The Balaban J connectivity index is 1.44. The van der Waals surface area contributed by atoms with Gasteiger partial charge in [-0.05, 0) is 87.3 Å². The van der Waals surface area contributed by atoms with E-state index in [1.807, 2.05) is 25.1 Å². The van der Waals surface area contributed by atoms with E-state index in [0.717, 1.165) is 10.9 Å². The monoisotopic (exact) mass is 730 g/mol. The molecule has 0 saturated carbocycles. The quantitative estimate of drug-likeness (QED) is 0.145. The normalized spacial score (nSPS) is 11.3. The molecule has 6 rings (SSSR count). The molecule has 8 nitrogen and oxygen atoms in total. The third-order valence-electron chi connectivity index (χ3n) is 6.73. The van der Waals surface area contributed by atoms with Gasteiger partial charge < -0.3 is 13.9 Å². The van der Waals surface area contributed by atoms with Gasteiger partial charge in [-0.2, -0.15) is 15.0 Å². The van der Waals surface area contributed by atoms with E-state index in [1.54, 1.807) is 60.7 Å². The zero-order chi connectivity index (χ0) is 30.8. The van der Waals surface area contributed by atoms with E-state index < -0.39 is 0 Å². The lowest BCUT2D eigenvalue weighted by molar-refractivity contribution is 0.267. The van der Waals surface area contributed by atoms with Crippen molar-refractivity contribution in [2.75, 3.05) is 6.61 Å². The average Bonchev–Trinajstić information content (AvgIpc) is 3.46. The van der Waals surface area contributed by atoms with Gasteiger partial charge in [0.05, 0.1) is 39.8 Å². The van der Waals surface area contributed by atoms with Crippen LogP contribution in [-0.4, -0.2) is 22.5 Å². The van der Waals surface area contributed by atoms with E-state index in [1.165, 1.54) is 10.9 Å². The summed E-state index contributed by atoms with van der Waals surface area (Å²) >= 11 is 13.4. The molecule has 2 heterocycles. The number of ether oxygens (including phenoxy) is 2. The van der Waals surface area contributed by atoms with Crippen LogP contribution >= 0.6 is 43.5 Å². The van der Waals surface area contributed by atoms with Crippen LogP contribution in [0.5, 0.6) is 11.5 Å². The van der Waals surface area contributed by atoms with Crippen LogP contribution in [0.3, 0.4) is 0 Å². The Morgan fingerprint density at radius 3 is 2.66 bits per heavy atom. The van der Waals surface area contributed by atoms with E-state index in [9.17, 15) is 10.1 Å². The summed E-state index contributed by atoms with van der Waals surface area (Å²) in [6.45, 7) is 2.40. The molecule has 2 aromatic heterocycles. The van der Waals surface area contributed by atoms with Crippen LogP contribution in [0.2, 0.25) is 5.02 Å². The summed E-state index contributed by atoms with van der Waals surface area (Å²) in [5.41, 5.74) is 2.63. The molecule has 0 spiro atoms. The maximum atomic E-state index is 13.7. The second-order valence-corrected chi connectivity index (χ2v) is 11.5. The highest BCUT2D eigenvalue weighted by Crippen LogP contribution is 2.43. The highest BCUT2D eigenvalue weighted by molar-refractivity contribution is 9.13. The Labute approximate surface area is 273 Å². The highest BCUT2D eigenvalue weighted by atomic mass is 79.9. The number of hydrogen-bond donors (Lipinski definition) is 0. The molecule has 0 aliphatic carbocycles. The summed E-state index contributed by atoms with van der Waals surface area (Å²) in [6.07, 6.45) is 1.53. The molecule has 0 N–H and O–H groups in total. The third-order valence-corrected chi connectivity index (χ3v) is 9.11. The first-order valence-electron chi connectivity index (χ1n) is 13.4. The Hall–Kier alpha value is -4.43. The number of fused-ring (bicyclic) bond motifs is 2. The molecule has 44 heavy (non-hydrogen) atoms. The molecule has 4 aromatic carbocycles. The van der Waals surface area contributed by atoms with Gasteiger partial charge in [0.1, 0.15) is 12.2 Å². The second kappa shape index (κ2) is 12.7. The van der Waals surface area contributed by atoms with Crippen LogP contribution in [-0.2, 0) is 6.61 Å². The summed E-state index contributed by atoms with van der Waals surface area (Å²) in [5.74, 6) is 1.50. The highest BCUT2D eigenvalue weighted by Gasteiger charge is 2.20. The van der Waals surface area contributed by atoms with Crippen LogP contribution in [0.15, 0.2) is 102 Å². The van der Waals surface area contributed by atoms with Gasteiger partial charge in [0, 0.05) is 26.0 Å². The fraction of sp³-hybridized carbons (Fsp3) is 0.0909. The van der Waals surface area contributed by atoms with Gasteiger partial charge in [0.2, 0.25) is 5.82 Å². The minimum absolute atomic E-state index is 0.159. The van der Waals surface area contributed by atoms with Crippen molar-refractivity contribution in [2.24, 2.45) is 5.10 Å². The van der Waals surface area contributed by atoms with Crippen molar-refractivity contribution >= 4 is 71.5 Å². The van der Waals surface area contributed by atoms with Crippen LogP contribution < -0.4 is 15.0 Å². The van der Waals surface area contributed by atoms with Crippen molar-refractivity contribution in [1.82, 2.24) is 9.66 Å². The molecule has 0 unspecified atom stereocenters. The molecule has 0 bridgehead atoms. The molecule has 0 aliphatic heterocycles.